The molecule has 0 aromatic heterocycles. The van der Waals surface area contributed by atoms with Gasteiger partial charge in [-0.1, -0.05) is 30.3 Å². The molecule has 8 heteroatoms. The molecule has 0 spiro atoms. The van der Waals surface area contributed by atoms with Crippen LogP contribution in [0.3, 0.4) is 0 Å². The summed E-state index contributed by atoms with van der Waals surface area (Å²) in [6.07, 6.45) is -2.40. The first-order chi connectivity index (χ1) is 17.5. The monoisotopic (exact) mass is 519 g/mol. The largest absolute Gasteiger partial charge is 0.496 e. The van der Waals surface area contributed by atoms with Crippen LogP contribution in [0.25, 0.3) is 0 Å². The first kappa shape index (κ1) is 32.0. The van der Waals surface area contributed by atoms with Crippen molar-refractivity contribution in [2.45, 2.75) is 46.3 Å². The summed E-state index contributed by atoms with van der Waals surface area (Å²) in [5, 5.41) is 0. The minimum atomic E-state index is -4.26. The van der Waals surface area contributed by atoms with E-state index in [4.69, 9.17) is 26.7 Å². The van der Waals surface area contributed by atoms with Gasteiger partial charge in [-0.3, -0.25) is 0 Å². The highest BCUT2D eigenvalue weighted by Gasteiger charge is 2.29. The van der Waals surface area contributed by atoms with Crippen molar-refractivity contribution in [2.75, 3.05) is 27.3 Å². The molecule has 0 fully saturated rings. The van der Waals surface area contributed by atoms with E-state index in [-0.39, 0.29) is 6.54 Å². The van der Waals surface area contributed by atoms with E-state index in [1.807, 2.05) is 13.0 Å². The van der Waals surface area contributed by atoms with Gasteiger partial charge in [-0.25, -0.2) is 0 Å². The second-order valence-corrected chi connectivity index (χ2v) is 8.53. The van der Waals surface area contributed by atoms with E-state index in [1.54, 1.807) is 14.2 Å². The fraction of sp³-hybridized carbons (Fsp3) is 0.379. The van der Waals surface area contributed by atoms with Crippen LogP contribution in [0.5, 0.6) is 11.5 Å². The van der Waals surface area contributed by atoms with E-state index in [0.717, 1.165) is 36.5 Å². The Morgan fingerprint density at radius 3 is 1.68 bits per heavy atom. The lowest BCUT2D eigenvalue weighted by Gasteiger charge is -2.10. The summed E-state index contributed by atoms with van der Waals surface area (Å²) in [5.74, 6) is 1.90. The Balaban J connectivity index is 0.000000278. The molecule has 0 aliphatic heterocycles. The molecular formula is C29H40F3N3O2. The van der Waals surface area contributed by atoms with Gasteiger partial charge in [0.25, 0.3) is 0 Å². The predicted molar refractivity (Wildman–Crippen MR) is 145 cm³/mol. The van der Waals surface area contributed by atoms with Crippen molar-refractivity contribution >= 4 is 0 Å². The quantitative estimate of drug-likeness (QED) is 0.384. The Kier molecular flexibility index (Phi) is 13.7. The Labute approximate surface area is 218 Å². The summed E-state index contributed by atoms with van der Waals surface area (Å²) in [7, 11) is 3.39. The normalized spacial score (nSPS) is 10.6. The smallest absolute Gasteiger partial charge is 0.416 e. The summed E-state index contributed by atoms with van der Waals surface area (Å²) in [6, 6.07) is 15.2. The molecule has 5 nitrogen and oxygen atoms in total. The second kappa shape index (κ2) is 15.9. The van der Waals surface area contributed by atoms with Crippen molar-refractivity contribution < 1.29 is 22.6 Å². The van der Waals surface area contributed by atoms with E-state index in [1.165, 1.54) is 39.9 Å². The van der Waals surface area contributed by atoms with Crippen LogP contribution >= 0.6 is 0 Å². The Morgan fingerprint density at radius 1 is 0.649 bits per heavy atom. The molecule has 0 amide bonds. The molecule has 6 N–H and O–H groups in total. The SMILES string of the molecule is COc1cc(C)c(CCN)cc1C.COc1cc(CCN)ccc1C.NCc1ccc(C(F)(F)F)cc1. The van der Waals surface area contributed by atoms with Crippen LogP contribution in [-0.4, -0.2) is 27.3 Å². The molecule has 0 radical (unpaired) electrons. The number of alkyl halides is 3. The van der Waals surface area contributed by atoms with Gasteiger partial charge in [0.05, 0.1) is 19.8 Å². The number of methoxy groups -OCH3 is 2. The number of ether oxygens (including phenoxy) is 2. The number of hydrogen-bond donors (Lipinski definition) is 3. The van der Waals surface area contributed by atoms with Crippen molar-refractivity contribution in [2.24, 2.45) is 17.2 Å². The zero-order valence-electron chi connectivity index (χ0n) is 22.4. The predicted octanol–water partition coefficient (Wildman–Crippen LogP) is 5.48. The number of aryl methyl sites for hydroxylation is 3. The topological polar surface area (TPSA) is 96.5 Å². The van der Waals surface area contributed by atoms with E-state index in [0.29, 0.717) is 18.7 Å². The van der Waals surface area contributed by atoms with Gasteiger partial charge in [0, 0.05) is 6.54 Å². The van der Waals surface area contributed by atoms with Crippen molar-refractivity contribution in [3.8, 4) is 11.5 Å². The standard InChI is InChI=1S/C11H17NO.C10H15NO.C8H8F3N/c1-8-7-11(13-3)9(2)6-10(8)4-5-12;1-8-3-4-9(5-6-11)7-10(8)12-2;9-8(10,11)7-3-1-6(5-12)2-4-7/h6-7H,4-5,12H2,1-3H3;3-4,7H,5-6,11H2,1-2H3;1-4H,5,12H2. The first-order valence-electron chi connectivity index (χ1n) is 12.0. The summed E-state index contributed by atoms with van der Waals surface area (Å²) in [5.41, 5.74) is 22.4. The van der Waals surface area contributed by atoms with Crippen molar-refractivity contribution in [3.63, 3.8) is 0 Å². The highest BCUT2D eigenvalue weighted by atomic mass is 19.4. The third-order valence-corrected chi connectivity index (χ3v) is 5.69. The number of hydrogen-bond acceptors (Lipinski definition) is 5. The van der Waals surface area contributed by atoms with Gasteiger partial charge in [-0.05, 0) is 104 Å². The van der Waals surface area contributed by atoms with E-state index in [2.05, 4.69) is 38.1 Å². The summed E-state index contributed by atoms with van der Waals surface area (Å²) < 4.78 is 46.4. The van der Waals surface area contributed by atoms with Gasteiger partial charge >= 0.3 is 6.18 Å². The number of rotatable bonds is 7. The van der Waals surface area contributed by atoms with Gasteiger partial charge in [-0.2, -0.15) is 13.2 Å². The average molecular weight is 520 g/mol. The minimum absolute atomic E-state index is 0.262. The molecule has 3 rings (SSSR count). The average Bonchev–Trinajstić information content (AvgIpc) is 2.87. The number of halogens is 3. The lowest BCUT2D eigenvalue weighted by Crippen LogP contribution is -2.05. The third kappa shape index (κ3) is 10.8. The third-order valence-electron chi connectivity index (χ3n) is 5.69. The van der Waals surface area contributed by atoms with Crippen LogP contribution in [0.1, 0.15) is 38.9 Å². The van der Waals surface area contributed by atoms with Crippen LogP contribution in [-0.2, 0) is 25.6 Å². The van der Waals surface area contributed by atoms with Crippen LogP contribution < -0.4 is 26.7 Å². The molecular weight excluding hydrogens is 479 g/mol. The molecule has 0 saturated carbocycles. The maximum Gasteiger partial charge on any atom is 0.416 e. The van der Waals surface area contributed by atoms with Gasteiger partial charge in [-0.15, -0.1) is 0 Å². The Bertz CT molecular complexity index is 1080. The molecule has 3 aromatic carbocycles. The molecule has 0 atom stereocenters. The second-order valence-electron chi connectivity index (χ2n) is 8.53. The summed E-state index contributed by atoms with van der Waals surface area (Å²) in [6.45, 7) is 7.83. The Morgan fingerprint density at radius 2 is 1.19 bits per heavy atom. The lowest BCUT2D eigenvalue weighted by atomic mass is 10.0. The van der Waals surface area contributed by atoms with Gasteiger partial charge in [0.15, 0.2) is 0 Å². The lowest BCUT2D eigenvalue weighted by molar-refractivity contribution is -0.137. The zero-order chi connectivity index (χ0) is 28.0. The zero-order valence-corrected chi connectivity index (χ0v) is 22.4. The van der Waals surface area contributed by atoms with Gasteiger partial charge in [0.1, 0.15) is 11.5 Å². The fourth-order valence-corrected chi connectivity index (χ4v) is 3.51. The molecule has 0 aliphatic carbocycles. The maximum absolute atomic E-state index is 12.0. The summed E-state index contributed by atoms with van der Waals surface area (Å²) >= 11 is 0. The van der Waals surface area contributed by atoms with Gasteiger partial charge in [0.2, 0.25) is 0 Å². The molecule has 3 aromatic rings. The van der Waals surface area contributed by atoms with Crippen molar-refractivity contribution in [1.29, 1.82) is 0 Å². The van der Waals surface area contributed by atoms with Gasteiger partial charge < -0.3 is 26.7 Å². The van der Waals surface area contributed by atoms with E-state index >= 15 is 0 Å². The maximum atomic E-state index is 12.0. The van der Waals surface area contributed by atoms with Crippen LogP contribution in [0.4, 0.5) is 13.2 Å². The van der Waals surface area contributed by atoms with Crippen molar-refractivity contribution in [1.82, 2.24) is 0 Å². The van der Waals surface area contributed by atoms with E-state index in [9.17, 15) is 13.2 Å². The number of nitrogens with two attached hydrogens (primary N) is 3. The molecule has 0 bridgehead atoms. The van der Waals surface area contributed by atoms with Crippen molar-refractivity contribution in [3.05, 3.63) is 93.5 Å². The number of benzene rings is 3. The summed E-state index contributed by atoms with van der Waals surface area (Å²) in [4.78, 5) is 0. The highest BCUT2D eigenvalue weighted by molar-refractivity contribution is 5.41. The Hall–Kier alpha value is -3.07. The molecule has 0 unspecified atom stereocenters. The van der Waals surface area contributed by atoms with Crippen LogP contribution in [0.2, 0.25) is 0 Å². The fourth-order valence-electron chi connectivity index (χ4n) is 3.51. The highest BCUT2D eigenvalue weighted by Crippen LogP contribution is 2.29. The first-order valence-corrected chi connectivity index (χ1v) is 12.0. The molecule has 204 valence electrons. The van der Waals surface area contributed by atoms with Crippen LogP contribution in [0, 0.1) is 20.8 Å². The molecule has 0 heterocycles. The molecule has 0 aliphatic rings. The van der Waals surface area contributed by atoms with E-state index < -0.39 is 11.7 Å². The minimum Gasteiger partial charge on any atom is -0.496 e. The molecule has 37 heavy (non-hydrogen) atoms. The molecule has 0 saturated heterocycles. The van der Waals surface area contributed by atoms with Crippen LogP contribution in [0.15, 0.2) is 54.6 Å².